The van der Waals surface area contributed by atoms with Crippen molar-refractivity contribution in [2.24, 2.45) is 10.7 Å². The Bertz CT molecular complexity index is 424. The SMILES string of the molecule is NC(=NCCCN1CCCC1)NCCCCc1ccccc1. The summed E-state index contributed by atoms with van der Waals surface area (Å²) in [4.78, 5) is 6.91. The van der Waals surface area contributed by atoms with E-state index >= 15 is 0 Å². The van der Waals surface area contributed by atoms with Crippen molar-refractivity contribution in [2.45, 2.75) is 38.5 Å². The summed E-state index contributed by atoms with van der Waals surface area (Å²) in [5.41, 5.74) is 7.29. The smallest absolute Gasteiger partial charge is 0.188 e. The van der Waals surface area contributed by atoms with Gasteiger partial charge >= 0.3 is 0 Å². The van der Waals surface area contributed by atoms with Crippen LogP contribution in [0.1, 0.15) is 37.7 Å². The van der Waals surface area contributed by atoms with E-state index < -0.39 is 0 Å². The topological polar surface area (TPSA) is 53.6 Å². The molecule has 0 aromatic heterocycles. The fourth-order valence-corrected chi connectivity index (χ4v) is 2.87. The second-order valence-electron chi connectivity index (χ2n) is 6.04. The molecule has 1 aromatic rings. The maximum atomic E-state index is 5.89. The molecular weight excluding hydrogens is 272 g/mol. The second kappa shape index (κ2) is 10.2. The normalized spacial score (nSPS) is 16.1. The first-order chi connectivity index (χ1) is 10.8. The van der Waals surface area contributed by atoms with Gasteiger partial charge in [-0.05, 0) is 63.7 Å². The van der Waals surface area contributed by atoms with Gasteiger partial charge in [-0.3, -0.25) is 4.99 Å². The summed E-state index contributed by atoms with van der Waals surface area (Å²) >= 11 is 0. The van der Waals surface area contributed by atoms with Crippen LogP contribution in [0, 0.1) is 0 Å². The van der Waals surface area contributed by atoms with E-state index in [9.17, 15) is 0 Å². The first-order valence-corrected chi connectivity index (χ1v) is 8.64. The van der Waals surface area contributed by atoms with Crippen LogP contribution in [-0.4, -0.2) is 43.6 Å². The summed E-state index contributed by atoms with van der Waals surface area (Å²) in [6.45, 7) is 5.43. The van der Waals surface area contributed by atoms with E-state index in [0.717, 1.165) is 38.9 Å². The minimum absolute atomic E-state index is 0.598. The molecule has 0 bridgehead atoms. The molecule has 0 amide bonds. The number of aliphatic imine (C=N–C) groups is 1. The Hall–Kier alpha value is -1.55. The number of guanidine groups is 1. The zero-order valence-electron chi connectivity index (χ0n) is 13.6. The summed E-state index contributed by atoms with van der Waals surface area (Å²) in [5, 5.41) is 3.21. The van der Waals surface area contributed by atoms with Crippen molar-refractivity contribution in [1.82, 2.24) is 10.2 Å². The number of nitrogens with one attached hydrogen (secondary N) is 1. The summed E-state index contributed by atoms with van der Waals surface area (Å²) in [7, 11) is 0. The van der Waals surface area contributed by atoms with Gasteiger partial charge in [0.25, 0.3) is 0 Å². The van der Waals surface area contributed by atoms with Crippen molar-refractivity contribution >= 4 is 5.96 Å². The fraction of sp³-hybridized carbons (Fsp3) is 0.611. The standard InChI is InChI=1S/C18H30N4/c19-18(21-13-8-16-22-14-6-7-15-22)20-12-5-4-11-17-9-2-1-3-10-17/h1-3,9-10H,4-8,11-16H2,(H3,19,20,21). The lowest BCUT2D eigenvalue weighted by Gasteiger charge is -2.13. The molecule has 22 heavy (non-hydrogen) atoms. The number of nitrogens with zero attached hydrogens (tertiary/aromatic N) is 2. The number of benzene rings is 1. The van der Waals surface area contributed by atoms with Gasteiger partial charge in [0, 0.05) is 13.1 Å². The van der Waals surface area contributed by atoms with Gasteiger partial charge in [-0.1, -0.05) is 30.3 Å². The third-order valence-electron chi connectivity index (χ3n) is 4.15. The first kappa shape index (κ1) is 16.8. The largest absolute Gasteiger partial charge is 0.370 e. The summed E-state index contributed by atoms with van der Waals surface area (Å²) in [6, 6.07) is 10.6. The van der Waals surface area contributed by atoms with Crippen LogP contribution in [0.5, 0.6) is 0 Å². The van der Waals surface area contributed by atoms with Gasteiger partial charge in [0.1, 0.15) is 0 Å². The van der Waals surface area contributed by atoms with Crippen LogP contribution in [0.25, 0.3) is 0 Å². The molecule has 1 aliphatic rings. The van der Waals surface area contributed by atoms with Gasteiger partial charge in [-0.25, -0.2) is 0 Å². The van der Waals surface area contributed by atoms with Crippen LogP contribution in [0.4, 0.5) is 0 Å². The molecular formula is C18H30N4. The number of nitrogens with two attached hydrogens (primary N) is 1. The zero-order valence-corrected chi connectivity index (χ0v) is 13.6. The lowest BCUT2D eigenvalue weighted by molar-refractivity contribution is 0.336. The predicted octanol–water partition coefficient (Wildman–Crippen LogP) is 2.40. The molecule has 0 saturated carbocycles. The Balaban J connectivity index is 1.46. The highest BCUT2D eigenvalue weighted by atomic mass is 15.1. The average Bonchev–Trinajstić information content (AvgIpc) is 3.06. The van der Waals surface area contributed by atoms with Crippen molar-refractivity contribution in [1.29, 1.82) is 0 Å². The maximum Gasteiger partial charge on any atom is 0.188 e. The Kier molecular flexibility index (Phi) is 7.81. The molecule has 0 unspecified atom stereocenters. The van der Waals surface area contributed by atoms with E-state index in [1.54, 1.807) is 0 Å². The van der Waals surface area contributed by atoms with Crippen molar-refractivity contribution in [3.63, 3.8) is 0 Å². The third kappa shape index (κ3) is 6.94. The van der Waals surface area contributed by atoms with E-state index in [4.69, 9.17) is 5.73 Å². The van der Waals surface area contributed by atoms with Crippen LogP contribution < -0.4 is 11.1 Å². The van der Waals surface area contributed by atoms with Gasteiger partial charge in [-0.2, -0.15) is 0 Å². The average molecular weight is 302 g/mol. The highest BCUT2D eigenvalue weighted by molar-refractivity contribution is 5.77. The summed E-state index contributed by atoms with van der Waals surface area (Å²) in [5.74, 6) is 0.598. The quantitative estimate of drug-likeness (QED) is 0.418. The Morgan fingerprint density at radius 1 is 1.09 bits per heavy atom. The Labute approximate surface area is 134 Å². The number of hydrogen-bond donors (Lipinski definition) is 2. The number of hydrogen-bond acceptors (Lipinski definition) is 2. The lowest BCUT2D eigenvalue weighted by Crippen LogP contribution is -2.32. The monoisotopic (exact) mass is 302 g/mol. The van der Waals surface area contributed by atoms with E-state index in [1.807, 2.05) is 0 Å². The van der Waals surface area contributed by atoms with E-state index in [-0.39, 0.29) is 0 Å². The number of aryl methyl sites for hydroxylation is 1. The number of rotatable bonds is 9. The van der Waals surface area contributed by atoms with Gasteiger partial charge in [-0.15, -0.1) is 0 Å². The van der Waals surface area contributed by atoms with Crippen molar-refractivity contribution < 1.29 is 0 Å². The van der Waals surface area contributed by atoms with Crippen LogP contribution >= 0.6 is 0 Å². The fourth-order valence-electron chi connectivity index (χ4n) is 2.87. The molecule has 1 aliphatic heterocycles. The Morgan fingerprint density at radius 3 is 2.64 bits per heavy atom. The molecule has 0 aliphatic carbocycles. The third-order valence-corrected chi connectivity index (χ3v) is 4.15. The van der Waals surface area contributed by atoms with E-state index in [2.05, 4.69) is 45.5 Å². The predicted molar refractivity (Wildman–Crippen MR) is 94.2 cm³/mol. The molecule has 4 heteroatoms. The van der Waals surface area contributed by atoms with Crippen molar-refractivity contribution in [2.75, 3.05) is 32.7 Å². The zero-order chi connectivity index (χ0) is 15.5. The molecule has 1 heterocycles. The first-order valence-electron chi connectivity index (χ1n) is 8.64. The Morgan fingerprint density at radius 2 is 1.86 bits per heavy atom. The van der Waals surface area contributed by atoms with Crippen LogP contribution in [0.3, 0.4) is 0 Å². The molecule has 122 valence electrons. The van der Waals surface area contributed by atoms with Gasteiger partial charge in [0.15, 0.2) is 5.96 Å². The number of likely N-dealkylation sites (tertiary alicyclic amines) is 1. The van der Waals surface area contributed by atoms with Crippen LogP contribution in [0.2, 0.25) is 0 Å². The van der Waals surface area contributed by atoms with Gasteiger partial charge < -0.3 is 16.0 Å². The molecule has 3 N–H and O–H groups in total. The molecule has 1 aromatic carbocycles. The number of unbranched alkanes of at least 4 members (excludes halogenated alkanes) is 1. The van der Waals surface area contributed by atoms with Crippen molar-refractivity contribution in [3.8, 4) is 0 Å². The van der Waals surface area contributed by atoms with Crippen LogP contribution in [0.15, 0.2) is 35.3 Å². The van der Waals surface area contributed by atoms with Gasteiger partial charge in [0.05, 0.1) is 0 Å². The van der Waals surface area contributed by atoms with Gasteiger partial charge in [0.2, 0.25) is 0 Å². The highest BCUT2D eigenvalue weighted by Gasteiger charge is 2.09. The molecule has 1 saturated heterocycles. The molecule has 2 rings (SSSR count). The molecule has 4 nitrogen and oxygen atoms in total. The summed E-state index contributed by atoms with van der Waals surface area (Å²) in [6.07, 6.45) is 7.26. The van der Waals surface area contributed by atoms with Crippen LogP contribution in [-0.2, 0) is 6.42 Å². The minimum atomic E-state index is 0.598. The molecule has 0 atom stereocenters. The molecule has 0 spiro atoms. The van der Waals surface area contributed by atoms with Crippen molar-refractivity contribution in [3.05, 3.63) is 35.9 Å². The molecule has 1 fully saturated rings. The van der Waals surface area contributed by atoms with E-state index in [1.165, 1.54) is 37.9 Å². The van der Waals surface area contributed by atoms with E-state index in [0.29, 0.717) is 5.96 Å². The minimum Gasteiger partial charge on any atom is -0.370 e. The highest BCUT2D eigenvalue weighted by Crippen LogP contribution is 2.07. The summed E-state index contributed by atoms with van der Waals surface area (Å²) < 4.78 is 0. The lowest BCUT2D eigenvalue weighted by atomic mass is 10.1. The second-order valence-corrected chi connectivity index (χ2v) is 6.04. The maximum absolute atomic E-state index is 5.89. The molecule has 0 radical (unpaired) electrons.